The van der Waals surface area contributed by atoms with E-state index >= 15 is 0 Å². The minimum Gasteiger partial charge on any atom is -0.379 e. The number of hydrogen-bond acceptors (Lipinski definition) is 4. The number of guanidine groups is 1. The van der Waals surface area contributed by atoms with E-state index in [1.165, 1.54) is 11.8 Å². The molecule has 1 rings (SSSR count). The molecule has 0 radical (unpaired) electrons. The maximum atomic E-state index is 11.0. The second-order valence-corrected chi connectivity index (χ2v) is 8.87. The molecule has 2 N–H and O–H groups in total. The third-order valence-electron chi connectivity index (χ3n) is 3.67. The summed E-state index contributed by atoms with van der Waals surface area (Å²) in [6.07, 6.45) is 1.21. The van der Waals surface area contributed by atoms with Crippen molar-refractivity contribution in [3.63, 3.8) is 0 Å². The fourth-order valence-corrected chi connectivity index (χ4v) is 2.57. The van der Waals surface area contributed by atoms with E-state index in [1.807, 2.05) is 25.1 Å². The summed E-state index contributed by atoms with van der Waals surface area (Å²) >= 11 is 0. The van der Waals surface area contributed by atoms with Gasteiger partial charge >= 0.3 is 0 Å². The van der Waals surface area contributed by atoms with E-state index in [4.69, 9.17) is 4.74 Å². The molecule has 0 amide bonds. The summed E-state index contributed by atoms with van der Waals surface area (Å²) in [5.74, 6) is 0.782. The third-order valence-corrected chi connectivity index (χ3v) is 4.58. The van der Waals surface area contributed by atoms with Crippen molar-refractivity contribution in [1.82, 2.24) is 10.6 Å². The lowest BCUT2D eigenvalue weighted by Crippen LogP contribution is -2.40. The van der Waals surface area contributed by atoms with Gasteiger partial charge < -0.3 is 15.4 Å². The van der Waals surface area contributed by atoms with Crippen LogP contribution in [0.4, 0.5) is 0 Å². The van der Waals surface area contributed by atoms with Crippen molar-refractivity contribution in [2.75, 3.05) is 44.9 Å². The highest BCUT2D eigenvalue weighted by Crippen LogP contribution is 2.22. The second-order valence-electron chi connectivity index (χ2n) is 6.61. The van der Waals surface area contributed by atoms with Crippen LogP contribution in [0.1, 0.15) is 26.3 Å². The van der Waals surface area contributed by atoms with Crippen molar-refractivity contribution in [3.05, 3.63) is 35.9 Å². The number of nitrogens with zero attached hydrogens (tertiary/aromatic N) is 1. The van der Waals surface area contributed by atoms with E-state index in [1.54, 1.807) is 0 Å². The summed E-state index contributed by atoms with van der Waals surface area (Å²) in [4.78, 5) is 4.66. The minimum absolute atomic E-state index is 0.0480. The first-order valence-corrected chi connectivity index (χ1v) is 10.6. The van der Waals surface area contributed by atoms with Crippen LogP contribution in [-0.4, -0.2) is 59.2 Å². The summed E-state index contributed by atoms with van der Waals surface area (Å²) in [6.45, 7) is 9.00. The van der Waals surface area contributed by atoms with Gasteiger partial charge in [0.25, 0.3) is 0 Å². The molecular weight excluding hydrogens is 338 g/mol. The van der Waals surface area contributed by atoms with E-state index in [0.717, 1.165) is 12.5 Å². The Morgan fingerprint density at radius 3 is 2.44 bits per heavy atom. The number of benzene rings is 1. The minimum atomic E-state index is -2.97. The Kier molecular flexibility index (Phi) is 8.92. The van der Waals surface area contributed by atoms with Gasteiger partial charge in [-0.1, -0.05) is 44.2 Å². The zero-order valence-corrected chi connectivity index (χ0v) is 16.5. The van der Waals surface area contributed by atoms with Crippen LogP contribution >= 0.6 is 0 Å². The van der Waals surface area contributed by atoms with Gasteiger partial charge in [0.1, 0.15) is 9.84 Å². The number of rotatable bonds is 10. The van der Waals surface area contributed by atoms with E-state index in [0.29, 0.717) is 19.7 Å². The molecule has 1 aromatic rings. The molecule has 142 valence electrons. The number of ether oxygens (including phenoxy) is 1. The van der Waals surface area contributed by atoms with Gasteiger partial charge in [-0.15, -0.1) is 0 Å². The molecule has 0 fully saturated rings. The highest BCUT2D eigenvalue weighted by molar-refractivity contribution is 7.90. The van der Waals surface area contributed by atoms with Crippen LogP contribution in [-0.2, 0) is 20.0 Å². The van der Waals surface area contributed by atoms with E-state index in [-0.39, 0.29) is 17.8 Å². The normalized spacial score (nSPS) is 12.9. The Labute approximate surface area is 152 Å². The maximum absolute atomic E-state index is 11.0. The molecule has 1 aromatic carbocycles. The number of aliphatic imine (C=N–C) groups is 1. The molecule has 0 aromatic heterocycles. The molecule has 0 spiro atoms. The lowest BCUT2D eigenvalue weighted by molar-refractivity contribution is 0.154. The summed E-state index contributed by atoms with van der Waals surface area (Å²) in [7, 11) is -2.97. The van der Waals surface area contributed by atoms with Crippen LogP contribution in [0.3, 0.4) is 0 Å². The molecule has 6 nitrogen and oxygen atoms in total. The fraction of sp³-hybridized carbons (Fsp3) is 0.611. The maximum Gasteiger partial charge on any atom is 0.191 e. The first-order chi connectivity index (χ1) is 11.7. The molecule has 0 unspecified atom stereocenters. The van der Waals surface area contributed by atoms with Crippen molar-refractivity contribution >= 4 is 15.8 Å². The number of sulfone groups is 1. The molecule has 0 saturated heterocycles. The molecule has 0 heterocycles. The van der Waals surface area contributed by atoms with Gasteiger partial charge in [0.15, 0.2) is 5.96 Å². The Morgan fingerprint density at radius 1 is 1.16 bits per heavy atom. The van der Waals surface area contributed by atoms with Crippen LogP contribution in [0, 0.1) is 0 Å². The predicted octanol–water partition coefficient (Wildman–Crippen LogP) is 1.58. The molecule has 0 saturated carbocycles. The standard InChI is InChI=1S/C18H31N3O3S/c1-5-19-17(20-11-12-24-13-14-25(4,22)23)21-15-18(2,3)16-9-7-6-8-10-16/h6-10H,5,11-15H2,1-4H3,(H2,19,20,21). The number of hydrogen-bond donors (Lipinski definition) is 2. The quantitative estimate of drug-likeness (QED) is 0.372. The van der Waals surface area contributed by atoms with E-state index in [9.17, 15) is 8.42 Å². The van der Waals surface area contributed by atoms with Gasteiger partial charge in [-0.05, 0) is 12.5 Å². The first kappa shape index (κ1) is 21.4. The highest BCUT2D eigenvalue weighted by Gasteiger charge is 2.19. The Bertz CT molecular complexity index is 628. The summed E-state index contributed by atoms with van der Waals surface area (Å²) in [5, 5.41) is 6.42. The molecule has 0 aliphatic carbocycles. The average molecular weight is 370 g/mol. The Morgan fingerprint density at radius 2 is 1.84 bits per heavy atom. The van der Waals surface area contributed by atoms with E-state index < -0.39 is 9.84 Å². The average Bonchev–Trinajstić information content (AvgIpc) is 2.55. The van der Waals surface area contributed by atoms with Gasteiger partial charge in [0, 0.05) is 24.8 Å². The van der Waals surface area contributed by atoms with Crippen LogP contribution in [0.15, 0.2) is 35.3 Å². The molecule has 25 heavy (non-hydrogen) atoms. The molecule has 0 aliphatic rings. The molecule has 0 atom stereocenters. The first-order valence-electron chi connectivity index (χ1n) is 8.58. The van der Waals surface area contributed by atoms with Gasteiger partial charge in [-0.3, -0.25) is 4.99 Å². The van der Waals surface area contributed by atoms with Crippen molar-refractivity contribution < 1.29 is 13.2 Å². The molecule has 0 bridgehead atoms. The molecule has 7 heteroatoms. The van der Waals surface area contributed by atoms with Gasteiger partial charge in [0.05, 0.1) is 25.5 Å². The largest absolute Gasteiger partial charge is 0.379 e. The lowest BCUT2D eigenvalue weighted by Gasteiger charge is -2.24. The molecule has 0 aliphatic heterocycles. The Balaban J connectivity index is 2.46. The summed E-state index contributed by atoms with van der Waals surface area (Å²) in [6, 6.07) is 10.3. The smallest absolute Gasteiger partial charge is 0.191 e. The van der Waals surface area contributed by atoms with Gasteiger partial charge in [-0.25, -0.2) is 8.42 Å². The second kappa shape index (κ2) is 10.4. The topological polar surface area (TPSA) is 79.8 Å². The third kappa shape index (κ3) is 9.45. The van der Waals surface area contributed by atoms with Crippen LogP contribution in [0.25, 0.3) is 0 Å². The SMILES string of the molecule is CCNC(=NCC(C)(C)c1ccccc1)NCCOCCS(C)(=O)=O. The van der Waals surface area contributed by atoms with Crippen molar-refractivity contribution in [2.24, 2.45) is 4.99 Å². The predicted molar refractivity (Wildman–Crippen MR) is 104 cm³/mol. The van der Waals surface area contributed by atoms with Crippen LogP contribution in [0.2, 0.25) is 0 Å². The van der Waals surface area contributed by atoms with Crippen molar-refractivity contribution in [2.45, 2.75) is 26.2 Å². The molecular formula is C18H31N3O3S. The fourth-order valence-electron chi connectivity index (χ4n) is 2.15. The summed E-state index contributed by atoms with van der Waals surface area (Å²) < 4.78 is 27.4. The monoisotopic (exact) mass is 369 g/mol. The van der Waals surface area contributed by atoms with Crippen molar-refractivity contribution in [3.8, 4) is 0 Å². The lowest BCUT2D eigenvalue weighted by atomic mass is 9.85. The zero-order valence-electron chi connectivity index (χ0n) is 15.7. The zero-order chi connectivity index (χ0) is 18.8. The van der Waals surface area contributed by atoms with Crippen LogP contribution < -0.4 is 10.6 Å². The van der Waals surface area contributed by atoms with E-state index in [2.05, 4.69) is 41.6 Å². The summed E-state index contributed by atoms with van der Waals surface area (Å²) in [5.41, 5.74) is 1.19. The number of nitrogens with one attached hydrogen (secondary N) is 2. The van der Waals surface area contributed by atoms with Gasteiger partial charge in [-0.2, -0.15) is 0 Å². The van der Waals surface area contributed by atoms with Crippen LogP contribution in [0.5, 0.6) is 0 Å². The van der Waals surface area contributed by atoms with Crippen molar-refractivity contribution in [1.29, 1.82) is 0 Å². The Hall–Kier alpha value is -1.60. The van der Waals surface area contributed by atoms with Gasteiger partial charge in [0.2, 0.25) is 0 Å². The highest BCUT2D eigenvalue weighted by atomic mass is 32.2.